The van der Waals surface area contributed by atoms with E-state index in [-0.39, 0.29) is 23.9 Å². The standard InChI is InChI=1S/C19H19ClFNO3/c1-19(2)8-12-14(20)7-15(21)13(16(12)25-19)9-22-17(23)10-5-3-4-6-11(10)18(22)24/h7H,3-6,8-9H2,1-2H3. The van der Waals surface area contributed by atoms with Crippen molar-refractivity contribution >= 4 is 23.4 Å². The van der Waals surface area contributed by atoms with Gasteiger partial charge in [0.25, 0.3) is 11.8 Å². The minimum absolute atomic E-state index is 0.119. The predicted molar refractivity (Wildman–Crippen MR) is 90.9 cm³/mol. The smallest absolute Gasteiger partial charge is 0.257 e. The molecule has 0 aromatic heterocycles. The molecule has 6 heteroatoms. The summed E-state index contributed by atoms with van der Waals surface area (Å²) < 4.78 is 20.5. The molecule has 2 aliphatic heterocycles. The first-order valence-corrected chi connectivity index (χ1v) is 8.93. The van der Waals surface area contributed by atoms with Gasteiger partial charge in [-0.15, -0.1) is 0 Å². The first-order chi connectivity index (χ1) is 11.8. The van der Waals surface area contributed by atoms with Crippen LogP contribution in [-0.2, 0) is 22.6 Å². The minimum atomic E-state index is -0.549. The number of carbonyl (C=O) groups excluding carboxylic acids is 2. The van der Waals surface area contributed by atoms with Gasteiger partial charge in [-0.2, -0.15) is 0 Å². The number of fused-ring (bicyclic) bond motifs is 1. The van der Waals surface area contributed by atoms with Gasteiger partial charge in [0.05, 0.1) is 17.1 Å². The summed E-state index contributed by atoms with van der Waals surface area (Å²) in [5, 5.41) is 0.318. The molecule has 0 atom stereocenters. The quantitative estimate of drug-likeness (QED) is 0.748. The molecule has 0 bridgehead atoms. The number of hydrogen-bond acceptors (Lipinski definition) is 3. The summed E-state index contributed by atoms with van der Waals surface area (Å²) in [7, 11) is 0. The Balaban J connectivity index is 1.71. The highest BCUT2D eigenvalue weighted by Crippen LogP contribution is 2.44. The molecule has 0 unspecified atom stereocenters. The fourth-order valence-electron chi connectivity index (χ4n) is 3.96. The molecule has 0 N–H and O–H groups in total. The summed E-state index contributed by atoms with van der Waals surface area (Å²) in [6.07, 6.45) is 3.63. The van der Waals surface area contributed by atoms with Crippen molar-refractivity contribution in [2.75, 3.05) is 0 Å². The Morgan fingerprint density at radius 2 is 1.80 bits per heavy atom. The lowest BCUT2D eigenvalue weighted by atomic mass is 9.93. The van der Waals surface area contributed by atoms with Gasteiger partial charge >= 0.3 is 0 Å². The van der Waals surface area contributed by atoms with E-state index in [1.54, 1.807) is 0 Å². The summed E-state index contributed by atoms with van der Waals surface area (Å²) in [4.78, 5) is 26.4. The second-order valence-corrected chi connectivity index (χ2v) is 7.93. The van der Waals surface area contributed by atoms with Crippen LogP contribution in [0.5, 0.6) is 5.75 Å². The van der Waals surface area contributed by atoms with Gasteiger partial charge < -0.3 is 4.74 Å². The predicted octanol–water partition coefficient (Wildman–Crippen LogP) is 3.93. The van der Waals surface area contributed by atoms with Crippen LogP contribution in [0.4, 0.5) is 4.39 Å². The number of ether oxygens (including phenoxy) is 1. The van der Waals surface area contributed by atoms with Crippen LogP contribution in [0, 0.1) is 5.82 Å². The lowest BCUT2D eigenvalue weighted by Crippen LogP contribution is -2.32. The van der Waals surface area contributed by atoms with Crippen molar-refractivity contribution < 1.29 is 18.7 Å². The fourth-order valence-corrected chi connectivity index (χ4v) is 4.20. The van der Waals surface area contributed by atoms with Crippen LogP contribution >= 0.6 is 11.6 Å². The molecule has 1 aliphatic carbocycles. The number of nitrogens with zero attached hydrogens (tertiary/aromatic N) is 1. The molecular formula is C19H19ClFNO3. The highest BCUT2D eigenvalue weighted by atomic mass is 35.5. The van der Waals surface area contributed by atoms with Crippen LogP contribution in [0.15, 0.2) is 17.2 Å². The van der Waals surface area contributed by atoms with E-state index in [0.717, 1.165) is 23.3 Å². The average Bonchev–Trinajstić information content (AvgIpc) is 3.00. The van der Waals surface area contributed by atoms with Crippen molar-refractivity contribution in [1.29, 1.82) is 0 Å². The molecule has 0 saturated heterocycles. The molecule has 4 nitrogen and oxygen atoms in total. The Bertz CT molecular complexity index is 816. The van der Waals surface area contributed by atoms with Gasteiger partial charge in [0.15, 0.2) is 0 Å². The Morgan fingerprint density at radius 3 is 2.40 bits per heavy atom. The van der Waals surface area contributed by atoms with Crippen molar-refractivity contribution in [2.45, 2.75) is 58.1 Å². The van der Waals surface area contributed by atoms with Gasteiger partial charge in [0.2, 0.25) is 0 Å². The summed E-state index contributed by atoms with van der Waals surface area (Å²) in [5.74, 6) is -0.757. The Kier molecular flexibility index (Phi) is 3.69. The molecule has 1 aromatic rings. The third kappa shape index (κ3) is 2.56. The maximum absolute atomic E-state index is 14.6. The zero-order chi connectivity index (χ0) is 17.9. The van der Waals surface area contributed by atoms with Gasteiger partial charge in [0.1, 0.15) is 17.2 Å². The molecule has 1 aromatic carbocycles. The van der Waals surface area contributed by atoms with Gasteiger partial charge in [-0.3, -0.25) is 14.5 Å². The Hall–Kier alpha value is -1.88. The SMILES string of the molecule is CC1(C)Cc2c(Cl)cc(F)c(CN3C(=O)C4=C(CCCC4)C3=O)c2O1. The van der Waals surface area contributed by atoms with Crippen LogP contribution in [0.25, 0.3) is 0 Å². The highest BCUT2D eigenvalue weighted by molar-refractivity contribution is 6.31. The van der Waals surface area contributed by atoms with Crippen molar-refractivity contribution in [2.24, 2.45) is 0 Å². The van der Waals surface area contributed by atoms with E-state index < -0.39 is 11.4 Å². The van der Waals surface area contributed by atoms with E-state index >= 15 is 0 Å². The molecule has 2 heterocycles. The number of imide groups is 1. The van der Waals surface area contributed by atoms with E-state index in [9.17, 15) is 14.0 Å². The molecular weight excluding hydrogens is 345 g/mol. The normalized spacial score (nSPS) is 21.5. The van der Waals surface area contributed by atoms with Gasteiger partial charge in [0, 0.05) is 23.1 Å². The van der Waals surface area contributed by atoms with E-state index in [0.29, 0.717) is 41.2 Å². The number of halogens is 2. The topological polar surface area (TPSA) is 46.6 Å². The number of amides is 2. The molecule has 3 aliphatic rings. The lowest BCUT2D eigenvalue weighted by Gasteiger charge is -2.21. The van der Waals surface area contributed by atoms with Crippen molar-refractivity contribution in [3.63, 3.8) is 0 Å². The van der Waals surface area contributed by atoms with Crippen LogP contribution in [0.1, 0.15) is 50.7 Å². The largest absolute Gasteiger partial charge is 0.487 e. The monoisotopic (exact) mass is 363 g/mol. The average molecular weight is 364 g/mol. The third-order valence-electron chi connectivity index (χ3n) is 5.15. The van der Waals surface area contributed by atoms with E-state index in [1.165, 1.54) is 6.07 Å². The first kappa shape index (κ1) is 16.6. The lowest BCUT2D eigenvalue weighted by molar-refractivity contribution is -0.138. The molecule has 132 valence electrons. The molecule has 4 rings (SSSR count). The summed E-state index contributed by atoms with van der Waals surface area (Å²) in [5.41, 5.74) is 1.67. The molecule has 0 fully saturated rings. The second kappa shape index (κ2) is 5.56. The number of hydrogen-bond donors (Lipinski definition) is 0. The second-order valence-electron chi connectivity index (χ2n) is 7.53. The maximum atomic E-state index is 14.6. The van der Waals surface area contributed by atoms with Gasteiger partial charge in [-0.1, -0.05) is 11.6 Å². The number of carbonyl (C=O) groups is 2. The van der Waals surface area contributed by atoms with Crippen LogP contribution < -0.4 is 4.74 Å². The zero-order valence-electron chi connectivity index (χ0n) is 14.2. The van der Waals surface area contributed by atoms with Crippen LogP contribution in [0.2, 0.25) is 5.02 Å². The molecule has 0 spiro atoms. The fraction of sp³-hybridized carbons (Fsp3) is 0.474. The summed E-state index contributed by atoms with van der Waals surface area (Å²) in [6, 6.07) is 1.25. The zero-order valence-corrected chi connectivity index (χ0v) is 15.0. The summed E-state index contributed by atoms with van der Waals surface area (Å²) >= 11 is 6.17. The highest BCUT2D eigenvalue weighted by Gasteiger charge is 2.41. The number of rotatable bonds is 2. The molecule has 0 radical (unpaired) electrons. The number of benzene rings is 1. The molecule has 25 heavy (non-hydrogen) atoms. The van der Waals surface area contributed by atoms with Gasteiger partial charge in [-0.25, -0.2) is 4.39 Å². The van der Waals surface area contributed by atoms with Crippen molar-refractivity contribution in [1.82, 2.24) is 4.90 Å². The molecule has 2 amide bonds. The third-order valence-corrected chi connectivity index (χ3v) is 5.49. The summed E-state index contributed by atoms with van der Waals surface area (Å²) in [6.45, 7) is 3.68. The maximum Gasteiger partial charge on any atom is 0.257 e. The van der Waals surface area contributed by atoms with Crippen LogP contribution in [0.3, 0.4) is 0 Å². The van der Waals surface area contributed by atoms with E-state index in [2.05, 4.69) is 0 Å². The van der Waals surface area contributed by atoms with E-state index in [1.807, 2.05) is 13.8 Å². The van der Waals surface area contributed by atoms with Crippen molar-refractivity contribution in [3.05, 3.63) is 39.2 Å². The minimum Gasteiger partial charge on any atom is -0.487 e. The van der Waals surface area contributed by atoms with E-state index in [4.69, 9.17) is 16.3 Å². The van der Waals surface area contributed by atoms with Crippen LogP contribution in [-0.4, -0.2) is 22.3 Å². The Labute approximate surface area is 150 Å². The first-order valence-electron chi connectivity index (χ1n) is 8.55. The Morgan fingerprint density at radius 1 is 1.20 bits per heavy atom. The van der Waals surface area contributed by atoms with Crippen molar-refractivity contribution in [3.8, 4) is 5.75 Å². The molecule has 0 saturated carbocycles. The van der Waals surface area contributed by atoms with Gasteiger partial charge in [-0.05, 0) is 45.6 Å².